The van der Waals surface area contributed by atoms with Crippen LogP contribution in [0.3, 0.4) is 0 Å². The van der Waals surface area contributed by atoms with Crippen LogP contribution in [0.15, 0.2) is 84.5 Å². The molecule has 2 unspecified atom stereocenters. The SMILES string of the molecule is COC1C=CC(C=CC(=O)Nc2ccccc2COc2ccccc2C(F)(F)F)=CC1OC(C)=O. The van der Waals surface area contributed by atoms with Gasteiger partial charge in [-0.2, -0.15) is 13.2 Å². The number of hydrogen-bond donors (Lipinski definition) is 1. The van der Waals surface area contributed by atoms with Gasteiger partial charge in [-0.25, -0.2) is 0 Å². The molecule has 35 heavy (non-hydrogen) atoms. The summed E-state index contributed by atoms with van der Waals surface area (Å²) in [5.74, 6) is -1.21. The van der Waals surface area contributed by atoms with Gasteiger partial charge in [-0.05, 0) is 35.9 Å². The number of anilines is 1. The molecule has 1 aliphatic carbocycles. The number of halogens is 3. The smallest absolute Gasteiger partial charge is 0.419 e. The van der Waals surface area contributed by atoms with E-state index in [-0.39, 0.29) is 12.4 Å². The van der Waals surface area contributed by atoms with E-state index in [1.54, 1.807) is 48.6 Å². The Morgan fingerprint density at radius 3 is 2.49 bits per heavy atom. The number of allylic oxidation sites excluding steroid dienone is 3. The van der Waals surface area contributed by atoms with Crippen LogP contribution in [0, 0.1) is 0 Å². The Balaban J connectivity index is 1.67. The van der Waals surface area contributed by atoms with Crippen LogP contribution in [0.25, 0.3) is 0 Å². The molecule has 1 aliphatic rings. The molecule has 2 aromatic carbocycles. The fourth-order valence-electron chi connectivity index (χ4n) is 3.37. The second-order valence-electron chi connectivity index (χ2n) is 7.56. The van der Waals surface area contributed by atoms with Crippen molar-refractivity contribution in [2.24, 2.45) is 0 Å². The molecule has 9 heteroatoms. The molecule has 0 saturated heterocycles. The predicted octanol–water partition coefficient (Wildman–Crippen LogP) is 5.22. The maximum Gasteiger partial charge on any atom is 0.419 e. The zero-order valence-electron chi connectivity index (χ0n) is 19.0. The molecule has 0 saturated carbocycles. The summed E-state index contributed by atoms with van der Waals surface area (Å²) < 4.78 is 55.5. The van der Waals surface area contributed by atoms with Crippen LogP contribution in [-0.4, -0.2) is 31.2 Å². The number of nitrogens with one attached hydrogen (secondary N) is 1. The molecule has 0 aromatic heterocycles. The second kappa shape index (κ2) is 11.5. The van der Waals surface area contributed by atoms with Crippen molar-refractivity contribution in [3.63, 3.8) is 0 Å². The number of esters is 1. The van der Waals surface area contributed by atoms with Gasteiger partial charge in [0.15, 0.2) is 6.10 Å². The van der Waals surface area contributed by atoms with Crippen molar-refractivity contribution in [3.8, 4) is 5.75 Å². The third kappa shape index (κ3) is 7.31. The van der Waals surface area contributed by atoms with Gasteiger partial charge in [0.1, 0.15) is 18.5 Å². The van der Waals surface area contributed by atoms with E-state index in [4.69, 9.17) is 14.2 Å². The summed E-state index contributed by atoms with van der Waals surface area (Å²) in [4.78, 5) is 23.8. The van der Waals surface area contributed by atoms with E-state index in [2.05, 4.69) is 5.32 Å². The minimum atomic E-state index is -4.55. The Hall–Kier alpha value is -3.85. The largest absolute Gasteiger partial charge is 0.488 e. The van der Waals surface area contributed by atoms with Gasteiger partial charge in [0, 0.05) is 31.4 Å². The van der Waals surface area contributed by atoms with Crippen LogP contribution in [0.2, 0.25) is 0 Å². The van der Waals surface area contributed by atoms with Gasteiger partial charge in [-0.1, -0.05) is 42.5 Å². The lowest BCUT2D eigenvalue weighted by molar-refractivity contribution is -0.148. The van der Waals surface area contributed by atoms with E-state index in [9.17, 15) is 22.8 Å². The first-order valence-corrected chi connectivity index (χ1v) is 10.6. The first kappa shape index (κ1) is 25.8. The molecule has 0 radical (unpaired) electrons. The van der Waals surface area contributed by atoms with Crippen molar-refractivity contribution in [1.29, 1.82) is 0 Å². The van der Waals surface area contributed by atoms with Gasteiger partial charge in [0.2, 0.25) is 5.91 Å². The maximum atomic E-state index is 13.2. The number of methoxy groups -OCH3 is 1. The van der Waals surface area contributed by atoms with E-state index in [1.165, 1.54) is 38.3 Å². The van der Waals surface area contributed by atoms with Crippen LogP contribution in [0.5, 0.6) is 5.75 Å². The molecular formula is C26H24F3NO5. The van der Waals surface area contributed by atoms with Crippen LogP contribution in [0.4, 0.5) is 18.9 Å². The summed E-state index contributed by atoms with van der Waals surface area (Å²) in [7, 11) is 1.50. The van der Waals surface area contributed by atoms with Gasteiger partial charge in [-0.3, -0.25) is 9.59 Å². The Morgan fingerprint density at radius 1 is 1.06 bits per heavy atom. The van der Waals surface area contributed by atoms with Gasteiger partial charge in [-0.15, -0.1) is 0 Å². The normalized spacial score (nSPS) is 17.7. The van der Waals surface area contributed by atoms with Crippen molar-refractivity contribution in [2.45, 2.75) is 31.9 Å². The van der Waals surface area contributed by atoms with Crippen molar-refractivity contribution in [2.75, 3.05) is 12.4 Å². The number of para-hydroxylation sites is 2. The van der Waals surface area contributed by atoms with E-state index in [0.29, 0.717) is 16.8 Å². The summed E-state index contributed by atoms with van der Waals surface area (Å²) in [6.07, 6.45) is 2.36. The molecule has 0 aliphatic heterocycles. The molecule has 0 bridgehead atoms. The monoisotopic (exact) mass is 487 g/mol. The fourth-order valence-corrected chi connectivity index (χ4v) is 3.37. The highest BCUT2D eigenvalue weighted by Crippen LogP contribution is 2.36. The van der Waals surface area contributed by atoms with Crippen molar-refractivity contribution in [3.05, 3.63) is 95.6 Å². The van der Waals surface area contributed by atoms with Crippen molar-refractivity contribution in [1.82, 2.24) is 0 Å². The summed E-state index contributed by atoms with van der Waals surface area (Å²) in [5.41, 5.74) is 0.666. The molecule has 3 rings (SSSR count). The van der Waals surface area contributed by atoms with Crippen LogP contribution >= 0.6 is 0 Å². The van der Waals surface area contributed by atoms with E-state index in [0.717, 1.165) is 6.07 Å². The highest BCUT2D eigenvalue weighted by molar-refractivity contribution is 6.00. The predicted molar refractivity (Wildman–Crippen MR) is 124 cm³/mol. The minimum Gasteiger partial charge on any atom is -0.488 e. The van der Waals surface area contributed by atoms with Crippen LogP contribution in [-0.2, 0) is 31.8 Å². The van der Waals surface area contributed by atoms with Gasteiger partial charge < -0.3 is 19.5 Å². The molecule has 6 nitrogen and oxygen atoms in total. The Kier molecular flexibility index (Phi) is 8.48. The quantitative estimate of drug-likeness (QED) is 0.408. The molecule has 0 spiro atoms. The first-order valence-electron chi connectivity index (χ1n) is 10.6. The average molecular weight is 487 g/mol. The topological polar surface area (TPSA) is 73.9 Å². The molecule has 1 amide bonds. The fraction of sp³-hybridized carbons (Fsp3) is 0.231. The molecule has 2 atom stereocenters. The zero-order valence-corrected chi connectivity index (χ0v) is 19.0. The lowest BCUT2D eigenvalue weighted by Crippen LogP contribution is -2.31. The maximum absolute atomic E-state index is 13.2. The average Bonchev–Trinajstić information content (AvgIpc) is 2.81. The number of carbonyl (C=O) groups is 2. The van der Waals surface area contributed by atoms with Crippen LogP contribution in [0.1, 0.15) is 18.1 Å². The molecule has 1 N–H and O–H groups in total. The molecule has 0 heterocycles. The van der Waals surface area contributed by atoms with Crippen molar-refractivity contribution < 1.29 is 37.0 Å². The third-order valence-corrected chi connectivity index (χ3v) is 5.01. The Bertz CT molecular complexity index is 1150. The standard InChI is InChI=1S/C26H24F3NO5/c1-17(31)35-24-15-18(11-13-23(24)33-2)12-14-25(32)30-21-9-5-3-7-19(21)16-34-22-10-6-4-8-20(22)26(27,28)29/h3-15,23-24H,16H2,1-2H3,(H,30,32). The number of hydrogen-bond acceptors (Lipinski definition) is 5. The number of rotatable bonds is 8. The molecule has 2 aromatic rings. The van der Waals surface area contributed by atoms with E-state index >= 15 is 0 Å². The summed E-state index contributed by atoms with van der Waals surface area (Å²) >= 11 is 0. The number of carbonyl (C=O) groups excluding carboxylic acids is 2. The van der Waals surface area contributed by atoms with Crippen LogP contribution < -0.4 is 10.1 Å². The third-order valence-electron chi connectivity index (χ3n) is 5.01. The number of alkyl halides is 3. The highest BCUT2D eigenvalue weighted by Gasteiger charge is 2.34. The zero-order chi connectivity index (χ0) is 25.4. The Labute approximate surface area is 200 Å². The van der Waals surface area contributed by atoms with Gasteiger partial charge >= 0.3 is 12.1 Å². The van der Waals surface area contributed by atoms with E-state index < -0.39 is 35.8 Å². The lowest BCUT2D eigenvalue weighted by atomic mass is 10.0. The molecule has 184 valence electrons. The first-order chi connectivity index (χ1) is 16.7. The van der Waals surface area contributed by atoms with E-state index in [1.807, 2.05) is 0 Å². The number of benzene rings is 2. The summed E-state index contributed by atoms with van der Waals surface area (Å²) in [6.45, 7) is 1.12. The van der Waals surface area contributed by atoms with Gasteiger partial charge in [0.05, 0.1) is 5.56 Å². The summed E-state index contributed by atoms with van der Waals surface area (Å²) in [6, 6.07) is 11.6. The highest BCUT2D eigenvalue weighted by atomic mass is 19.4. The lowest BCUT2D eigenvalue weighted by Gasteiger charge is -2.23. The summed E-state index contributed by atoms with van der Waals surface area (Å²) in [5, 5.41) is 2.71. The number of ether oxygens (including phenoxy) is 3. The van der Waals surface area contributed by atoms with Gasteiger partial charge in [0.25, 0.3) is 0 Å². The second-order valence-corrected chi connectivity index (χ2v) is 7.56. The Morgan fingerprint density at radius 2 is 1.77 bits per heavy atom. The molecule has 0 fully saturated rings. The number of amides is 1. The van der Waals surface area contributed by atoms with Crippen molar-refractivity contribution >= 4 is 17.6 Å². The molecular weight excluding hydrogens is 463 g/mol. The minimum absolute atomic E-state index is 0.177.